The van der Waals surface area contributed by atoms with Crippen LogP contribution in [0.1, 0.15) is 19.4 Å². The molecular formula is C13H20N2O. The van der Waals surface area contributed by atoms with Gasteiger partial charge in [0.15, 0.2) is 0 Å². The predicted molar refractivity (Wildman–Crippen MR) is 65.6 cm³/mol. The maximum absolute atomic E-state index is 9.30. The van der Waals surface area contributed by atoms with Crippen molar-refractivity contribution in [3.8, 4) is 5.75 Å². The van der Waals surface area contributed by atoms with Crippen LogP contribution in [0.25, 0.3) is 0 Å². The Labute approximate surface area is 97.1 Å². The summed E-state index contributed by atoms with van der Waals surface area (Å²) in [7, 11) is 2.17. The fraction of sp³-hybridized carbons (Fsp3) is 0.538. The Hall–Kier alpha value is -1.06. The summed E-state index contributed by atoms with van der Waals surface area (Å²) in [6.07, 6.45) is 0. The van der Waals surface area contributed by atoms with Crippen LogP contribution in [0.5, 0.6) is 5.75 Å². The first kappa shape index (κ1) is 11.4. The van der Waals surface area contributed by atoms with Crippen LogP contribution in [0.2, 0.25) is 0 Å². The molecule has 1 saturated heterocycles. The molecule has 3 heteroatoms. The Morgan fingerprint density at radius 3 is 2.25 bits per heavy atom. The van der Waals surface area contributed by atoms with Gasteiger partial charge in [0.25, 0.3) is 0 Å². The maximum Gasteiger partial charge on any atom is 0.115 e. The highest BCUT2D eigenvalue weighted by Crippen LogP contribution is 2.30. The van der Waals surface area contributed by atoms with Crippen molar-refractivity contribution in [2.45, 2.75) is 25.4 Å². The van der Waals surface area contributed by atoms with Gasteiger partial charge in [-0.1, -0.05) is 12.1 Å². The number of phenolic OH excluding ortho intramolecular Hbond substituents is 1. The molecule has 2 rings (SSSR count). The molecule has 0 saturated carbocycles. The summed E-state index contributed by atoms with van der Waals surface area (Å²) in [5.41, 5.74) is 1.24. The van der Waals surface area contributed by atoms with Crippen LogP contribution in [0.15, 0.2) is 24.3 Å². The molecule has 1 aliphatic rings. The number of hydrogen-bond acceptors (Lipinski definition) is 3. The first-order valence-corrected chi connectivity index (χ1v) is 5.75. The molecule has 1 aromatic rings. The number of phenols is 1. The van der Waals surface area contributed by atoms with Crippen molar-refractivity contribution >= 4 is 0 Å². The second kappa shape index (κ2) is 4.07. The third-order valence-corrected chi connectivity index (χ3v) is 3.76. The second-order valence-electron chi connectivity index (χ2n) is 5.03. The van der Waals surface area contributed by atoms with Crippen molar-refractivity contribution in [2.75, 3.05) is 20.1 Å². The summed E-state index contributed by atoms with van der Waals surface area (Å²) in [6, 6.07) is 8.12. The van der Waals surface area contributed by atoms with Gasteiger partial charge < -0.3 is 10.4 Å². The fourth-order valence-corrected chi connectivity index (χ4v) is 2.08. The Kier molecular flexibility index (Phi) is 2.91. The number of nitrogens with one attached hydrogen (secondary N) is 1. The average molecular weight is 220 g/mol. The van der Waals surface area contributed by atoms with E-state index in [1.165, 1.54) is 5.56 Å². The molecule has 0 spiro atoms. The number of nitrogens with zero attached hydrogens (tertiary/aromatic N) is 1. The lowest BCUT2D eigenvalue weighted by Crippen LogP contribution is -2.60. The smallest absolute Gasteiger partial charge is 0.115 e. The van der Waals surface area contributed by atoms with E-state index in [1.807, 2.05) is 12.1 Å². The average Bonchev–Trinajstić information content (AvgIpc) is 2.15. The lowest BCUT2D eigenvalue weighted by Gasteiger charge is -2.45. The quantitative estimate of drug-likeness (QED) is 0.811. The normalized spacial score (nSPS) is 17.5. The van der Waals surface area contributed by atoms with Crippen LogP contribution >= 0.6 is 0 Å². The molecule has 0 aliphatic carbocycles. The van der Waals surface area contributed by atoms with Gasteiger partial charge in [0.1, 0.15) is 5.75 Å². The lowest BCUT2D eigenvalue weighted by atomic mass is 9.90. The van der Waals surface area contributed by atoms with Crippen LogP contribution < -0.4 is 5.32 Å². The van der Waals surface area contributed by atoms with Gasteiger partial charge in [0.2, 0.25) is 0 Å². The van der Waals surface area contributed by atoms with Gasteiger partial charge >= 0.3 is 0 Å². The Balaban J connectivity index is 2.19. The molecule has 1 aliphatic heterocycles. The minimum atomic E-state index is 0.000463. The van der Waals surface area contributed by atoms with E-state index >= 15 is 0 Å². The van der Waals surface area contributed by atoms with Crippen molar-refractivity contribution in [2.24, 2.45) is 0 Å². The van der Waals surface area contributed by atoms with Crippen LogP contribution in [0.4, 0.5) is 0 Å². The van der Waals surface area contributed by atoms with E-state index in [1.54, 1.807) is 12.1 Å². The van der Waals surface area contributed by atoms with Crippen LogP contribution in [0, 0.1) is 0 Å². The van der Waals surface area contributed by atoms with E-state index in [0.29, 0.717) is 11.8 Å². The molecule has 0 unspecified atom stereocenters. The summed E-state index contributed by atoms with van der Waals surface area (Å²) in [4.78, 5) is 2.40. The van der Waals surface area contributed by atoms with E-state index in [-0.39, 0.29) is 5.54 Å². The van der Waals surface area contributed by atoms with Crippen molar-refractivity contribution in [1.29, 1.82) is 0 Å². The Morgan fingerprint density at radius 1 is 1.25 bits per heavy atom. The molecule has 2 N–H and O–H groups in total. The number of aromatic hydroxyl groups is 1. The first-order valence-electron chi connectivity index (χ1n) is 5.75. The third kappa shape index (κ3) is 1.93. The molecule has 3 nitrogen and oxygen atoms in total. The van der Waals surface area contributed by atoms with Crippen molar-refractivity contribution < 1.29 is 5.11 Å². The predicted octanol–water partition coefficient (Wildman–Crippen LogP) is 1.53. The molecule has 1 heterocycles. The van der Waals surface area contributed by atoms with E-state index < -0.39 is 0 Å². The van der Waals surface area contributed by atoms with Gasteiger partial charge in [0, 0.05) is 24.7 Å². The molecule has 0 aromatic heterocycles. The highest BCUT2D eigenvalue weighted by atomic mass is 16.3. The molecule has 88 valence electrons. The zero-order chi connectivity index (χ0) is 11.8. The lowest BCUT2D eigenvalue weighted by molar-refractivity contribution is 0.0685. The van der Waals surface area contributed by atoms with Gasteiger partial charge in [0.05, 0.1) is 0 Å². The van der Waals surface area contributed by atoms with Gasteiger partial charge in [-0.05, 0) is 38.6 Å². The van der Waals surface area contributed by atoms with Crippen molar-refractivity contribution in [3.63, 3.8) is 0 Å². The zero-order valence-electron chi connectivity index (χ0n) is 10.2. The van der Waals surface area contributed by atoms with E-state index in [4.69, 9.17) is 0 Å². The number of likely N-dealkylation sites (N-methyl/N-ethyl adjacent to an activating group) is 1. The standard InChI is InChI=1S/C13H20N2O/c1-13(2,15(3)11-8-14-9-11)10-4-6-12(16)7-5-10/h4-7,11,14,16H,8-9H2,1-3H3. The molecule has 16 heavy (non-hydrogen) atoms. The highest BCUT2D eigenvalue weighted by Gasteiger charge is 2.33. The number of benzene rings is 1. The minimum absolute atomic E-state index is 0.000463. The maximum atomic E-state index is 9.30. The van der Waals surface area contributed by atoms with Crippen LogP contribution in [-0.2, 0) is 5.54 Å². The summed E-state index contributed by atoms with van der Waals surface area (Å²) < 4.78 is 0. The Morgan fingerprint density at radius 2 is 1.81 bits per heavy atom. The second-order valence-corrected chi connectivity index (χ2v) is 5.03. The fourth-order valence-electron chi connectivity index (χ4n) is 2.08. The Bertz CT molecular complexity index is 355. The highest BCUT2D eigenvalue weighted by molar-refractivity contribution is 5.30. The van der Waals surface area contributed by atoms with E-state index in [9.17, 15) is 5.11 Å². The summed E-state index contributed by atoms with van der Waals surface area (Å²) in [5, 5.41) is 12.6. The summed E-state index contributed by atoms with van der Waals surface area (Å²) in [5.74, 6) is 0.326. The van der Waals surface area contributed by atoms with Gasteiger partial charge in [-0.25, -0.2) is 0 Å². The summed E-state index contributed by atoms with van der Waals surface area (Å²) in [6.45, 7) is 6.57. The molecule has 1 fully saturated rings. The van der Waals surface area contributed by atoms with Crippen molar-refractivity contribution in [3.05, 3.63) is 29.8 Å². The van der Waals surface area contributed by atoms with Crippen LogP contribution in [0.3, 0.4) is 0 Å². The first-order chi connectivity index (χ1) is 7.51. The molecule has 0 bridgehead atoms. The molecular weight excluding hydrogens is 200 g/mol. The third-order valence-electron chi connectivity index (χ3n) is 3.76. The molecule has 1 aromatic carbocycles. The minimum Gasteiger partial charge on any atom is -0.508 e. The largest absolute Gasteiger partial charge is 0.508 e. The van der Waals surface area contributed by atoms with Gasteiger partial charge in [-0.3, -0.25) is 4.90 Å². The van der Waals surface area contributed by atoms with E-state index in [0.717, 1.165) is 13.1 Å². The van der Waals surface area contributed by atoms with Crippen molar-refractivity contribution in [1.82, 2.24) is 10.2 Å². The number of hydrogen-bond donors (Lipinski definition) is 2. The van der Waals surface area contributed by atoms with Crippen LogP contribution in [-0.4, -0.2) is 36.2 Å². The topological polar surface area (TPSA) is 35.5 Å². The van der Waals surface area contributed by atoms with Gasteiger partial charge in [-0.15, -0.1) is 0 Å². The molecule has 0 radical (unpaired) electrons. The monoisotopic (exact) mass is 220 g/mol. The summed E-state index contributed by atoms with van der Waals surface area (Å²) >= 11 is 0. The van der Waals surface area contributed by atoms with E-state index in [2.05, 4.69) is 31.1 Å². The number of rotatable bonds is 3. The zero-order valence-corrected chi connectivity index (χ0v) is 10.2. The molecule has 0 amide bonds. The van der Waals surface area contributed by atoms with Gasteiger partial charge in [-0.2, -0.15) is 0 Å². The SMILES string of the molecule is CN(C1CNC1)C(C)(C)c1ccc(O)cc1. The molecule has 0 atom stereocenters.